The maximum absolute atomic E-state index is 3.67. The first-order valence-corrected chi connectivity index (χ1v) is 6.54. The van der Waals surface area contributed by atoms with Crippen LogP contribution < -0.4 is 5.32 Å². The van der Waals surface area contributed by atoms with Crippen molar-refractivity contribution in [2.75, 3.05) is 0 Å². The van der Waals surface area contributed by atoms with Crippen molar-refractivity contribution >= 4 is 0 Å². The van der Waals surface area contributed by atoms with E-state index in [2.05, 4.69) is 43.4 Å². The fraction of sp³-hybridized carbons (Fsp3) is 0.600. The second-order valence-electron chi connectivity index (χ2n) is 5.20. The van der Waals surface area contributed by atoms with E-state index >= 15 is 0 Å². The Morgan fingerprint density at radius 3 is 2.75 bits per heavy atom. The predicted octanol–water partition coefficient (Wildman–Crippen LogP) is 3.66. The molecule has 0 amide bonds. The Morgan fingerprint density at radius 1 is 1.31 bits per heavy atom. The zero-order chi connectivity index (χ0) is 11.4. The van der Waals surface area contributed by atoms with Gasteiger partial charge in [-0.15, -0.1) is 0 Å². The number of hydrogen-bond acceptors (Lipinski definition) is 1. The van der Waals surface area contributed by atoms with Crippen LogP contribution in [0.3, 0.4) is 0 Å². The van der Waals surface area contributed by atoms with Gasteiger partial charge in [-0.3, -0.25) is 0 Å². The van der Waals surface area contributed by atoms with Crippen LogP contribution in [-0.4, -0.2) is 6.04 Å². The third kappa shape index (κ3) is 3.08. The minimum atomic E-state index is 0.669. The molecule has 1 N–H and O–H groups in total. The fourth-order valence-electron chi connectivity index (χ4n) is 2.73. The summed E-state index contributed by atoms with van der Waals surface area (Å²) < 4.78 is 0. The second kappa shape index (κ2) is 5.49. The van der Waals surface area contributed by atoms with Gasteiger partial charge in [0.2, 0.25) is 0 Å². The molecular formula is C15H23N. The van der Waals surface area contributed by atoms with E-state index in [9.17, 15) is 0 Å². The van der Waals surface area contributed by atoms with Gasteiger partial charge in [0, 0.05) is 12.6 Å². The molecular weight excluding hydrogens is 194 g/mol. The van der Waals surface area contributed by atoms with Gasteiger partial charge >= 0.3 is 0 Å². The highest BCUT2D eigenvalue weighted by molar-refractivity contribution is 5.22. The molecule has 0 aromatic heterocycles. The lowest BCUT2D eigenvalue weighted by Gasteiger charge is -2.20. The van der Waals surface area contributed by atoms with Crippen LogP contribution in [-0.2, 0) is 6.54 Å². The molecule has 1 heteroatoms. The molecule has 0 saturated heterocycles. The lowest BCUT2D eigenvalue weighted by atomic mass is 9.99. The quantitative estimate of drug-likeness (QED) is 0.811. The minimum absolute atomic E-state index is 0.669. The highest BCUT2D eigenvalue weighted by Gasteiger charge is 2.20. The molecule has 16 heavy (non-hydrogen) atoms. The van der Waals surface area contributed by atoms with Crippen LogP contribution in [0.15, 0.2) is 24.3 Å². The zero-order valence-corrected chi connectivity index (χ0v) is 10.5. The first kappa shape index (κ1) is 11.7. The molecule has 1 nitrogen and oxygen atoms in total. The summed E-state index contributed by atoms with van der Waals surface area (Å²) in [6.07, 6.45) is 5.70. The van der Waals surface area contributed by atoms with Crippen LogP contribution in [0.4, 0.5) is 0 Å². The third-order valence-corrected chi connectivity index (χ3v) is 3.82. The first-order chi connectivity index (χ1) is 7.75. The Bertz CT molecular complexity index is 326. The lowest BCUT2D eigenvalue weighted by Crippen LogP contribution is -2.31. The molecule has 0 bridgehead atoms. The summed E-state index contributed by atoms with van der Waals surface area (Å²) in [4.78, 5) is 0. The molecule has 0 radical (unpaired) electrons. The van der Waals surface area contributed by atoms with Gasteiger partial charge in [-0.05, 0) is 38.2 Å². The summed E-state index contributed by atoms with van der Waals surface area (Å²) in [7, 11) is 0. The fourth-order valence-corrected chi connectivity index (χ4v) is 2.73. The molecule has 1 unspecified atom stereocenters. The van der Waals surface area contributed by atoms with Crippen LogP contribution in [0, 0.1) is 12.8 Å². The average Bonchev–Trinajstić information content (AvgIpc) is 2.79. The predicted molar refractivity (Wildman–Crippen MR) is 69.4 cm³/mol. The summed E-state index contributed by atoms with van der Waals surface area (Å²) in [5.74, 6) is 0.907. The van der Waals surface area contributed by atoms with E-state index in [0.29, 0.717) is 6.04 Å². The molecule has 1 atom stereocenters. The maximum Gasteiger partial charge on any atom is 0.0208 e. The summed E-state index contributed by atoms with van der Waals surface area (Å²) in [5, 5.41) is 3.67. The van der Waals surface area contributed by atoms with Crippen molar-refractivity contribution in [3.05, 3.63) is 35.4 Å². The van der Waals surface area contributed by atoms with Gasteiger partial charge in [0.25, 0.3) is 0 Å². The summed E-state index contributed by atoms with van der Waals surface area (Å²) in [6.45, 7) is 5.51. The van der Waals surface area contributed by atoms with Crippen molar-refractivity contribution < 1.29 is 0 Å². The van der Waals surface area contributed by atoms with Crippen molar-refractivity contribution in [2.24, 2.45) is 5.92 Å². The van der Waals surface area contributed by atoms with Crippen LogP contribution in [0.2, 0.25) is 0 Å². The number of aryl methyl sites for hydroxylation is 1. The Morgan fingerprint density at radius 2 is 2.06 bits per heavy atom. The topological polar surface area (TPSA) is 12.0 Å². The molecule has 0 spiro atoms. The Balaban J connectivity index is 1.82. The van der Waals surface area contributed by atoms with Crippen molar-refractivity contribution in [2.45, 2.75) is 52.1 Å². The monoisotopic (exact) mass is 217 g/mol. The Labute approximate surface area is 99.3 Å². The van der Waals surface area contributed by atoms with E-state index < -0.39 is 0 Å². The highest BCUT2D eigenvalue weighted by Crippen LogP contribution is 2.27. The number of nitrogens with one attached hydrogen (secondary N) is 1. The average molecular weight is 217 g/mol. The van der Waals surface area contributed by atoms with E-state index in [1.807, 2.05) is 0 Å². The first-order valence-electron chi connectivity index (χ1n) is 6.54. The number of benzene rings is 1. The lowest BCUT2D eigenvalue weighted by molar-refractivity contribution is 0.380. The van der Waals surface area contributed by atoms with E-state index in [-0.39, 0.29) is 0 Å². The third-order valence-electron chi connectivity index (χ3n) is 3.82. The van der Waals surface area contributed by atoms with Crippen molar-refractivity contribution in [1.82, 2.24) is 5.32 Å². The molecule has 1 aromatic carbocycles. The molecule has 1 fully saturated rings. The molecule has 1 aliphatic carbocycles. The number of hydrogen-bond donors (Lipinski definition) is 1. The van der Waals surface area contributed by atoms with Crippen molar-refractivity contribution in [1.29, 1.82) is 0 Å². The Kier molecular flexibility index (Phi) is 4.00. The molecule has 88 valence electrons. The summed E-state index contributed by atoms with van der Waals surface area (Å²) >= 11 is 0. The molecule has 0 aliphatic heterocycles. The van der Waals surface area contributed by atoms with Crippen LogP contribution in [0.25, 0.3) is 0 Å². The standard InChI is InChI=1S/C15H23N/c1-12-6-5-7-14(10-12)11-16-13(2)15-8-3-4-9-15/h5-7,10,13,15-16H,3-4,8-9,11H2,1-2H3. The van der Waals surface area contributed by atoms with Gasteiger partial charge in [-0.2, -0.15) is 0 Å². The van der Waals surface area contributed by atoms with E-state index in [1.165, 1.54) is 36.8 Å². The molecule has 2 rings (SSSR count). The molecule has 1 aromatic rings. The van der Waals surface area contributed by atoms with Gasteiger partial charge in [0.1, 0.15) is 0 Å². The molecule has 0 heterocycles. The van der Waals surface area contributed by atoms with E-state index in [4.69, 9.17) is 0 Å². The molecule has 1 aliphatic rings. The maximum atomic E-state index is 3.67. The van der Waals surface area contributed by atoms with Gasteiger partial charge in [0.05, 0.1) is 0 Å². The van der Waals surface area contributed by atoms with Crippen LogP contribution in [0.5, 0.6) is 0 Å². The van der Waals surface area contributed by atoms with Gasteiger partial charge in [-0.1, -0.05) is 42.7 Å². The van der Waals surface area contributed by atoms with Crippen LogP contribution >= 0.6 is 0 Å². The van der Waals surface area contributed by atoms with Crippen molar-refractivity contribution in [3.8, 4) is 0 Å². The van der Waals surface area contributed by atoms with Crippen LogP contribution in [0.1, 0.15) is 43.7 Å². The van der Waals surface area contributed by atoms with Gasteiger partial charge in [0.15, 0.2) is 0 Å². The van der Waals surface area contributed by atoms with Gasteiger partial charge in [-0.25, -0.2) is 0 Å². The van der Waals surface area contributed by atoms with Gasteiger partial charge < -0.3 is 5.32 Å². The summed E-state index contributed by atoms with van der Waals surface area (Å²) in [6, 6.07) is 9.45. The van der Waals surface area contributed by atoms with E-state index in [0.717, 1.165) is 12.5 Å². The van der Waals surface area contributed by atoms with E-state index in [1.54, 1.807) is 0 Å². The minimum Gasteiger partial charge on any atom is -0.310 e. The van der Waals surface area contributed by atoms with Crippen molar-refractivity contribution in [3.63, 3.8) is 0 Å². The SMILES string of the molecule is Cc1cccc(CNC(C)C2CCCC2)c1. The second-order valence-corrected chi connectivity index (χ2v) is 5.20. The smallest absolute Gasteiger partial charge is 0.0208 e. The summed E-state index contributed by atoms with van der Waals surface area (Å²) in [5.41, 5.74) is 2.76. The molecule has 1 saturated carbocycles. The normalized spacial score (nSPS) is 18.9. The highest BCUT2D eigenvalue weighted by atomic mass is 14.9. The zero-order valence-electron chi connectivity index (χ0n) is 10.5. The Hall–Kier alpha value is -0.820. The number of rotatable bonds is 4. The largest absolute Gasteiger partial charge is 0.310 e.